The monoisotopic (exact) mass is 617 g/mol. The van der Waals surface area contributed by atoms with Gasteiger partial charge in [0.1, 0.15) is 23.9 Å². The van der Waals surface area contributed by atoms with E-state index in [1.807, 2.05) is 6.92 Å². The number of aliphatic hydroxyl groups excluding tert-OH is 1. The molecule has 2 aromatic rings. The Morgan fingerprint density at radius 3 is 2.61 bits per heavy atom. The molecular weight excluding hydrogens is 574 g/mol. The van der Waals surface area contributed by atoms with Crippen LogP contribution in [-0.4, -0.2) is 56.4 Å². The highest BCUT2D eigenvalue weighted by molar-refractivity contribution is 6.32. The lowest BCUT2D eigenvalue weighted by atomic mass is 9.40. The van der Waals surface area contributed by atoms with Crippen LogP contribution in [-0.2, 0) is 26.0 Å². The third-order valence-corrected chi connectivity index (χ3v) is 15.4. The molecule has 0 amide bonds. The Morgan fingerprint density at radius 1 is 1.09 bits per heavy atom. The second kappa shape index (κ2) is 7.72. The van der Waals surface area contributed by atoms with Crippen LogP contribution in [0.2, 0.25) is 5.02 Å². The summed E-state index contributed by atoms with van der Waals surface area (Å²) >= 11 is 7.11. The normalized spacial score (nSPS) is 51.7. The van der Waals surface area contributed by atoms with Crippen molar-refractivity contribution >= 4 is 22.5 Å². The van der Waals surface area contributed by atoms with Crippen molar-refractivity contribution in [1.29, 1.82) is 0 Å². The van der Waals surface area contributed by atoms with Crippen LogP contribution in [0.4, 0.5) is 0 Å². The van der Waals surface area contributed by atoms with Gasteiger partial charge in [-0.1, -0.05) is 44.2 Å². The summed E-state index contributed by atoms with van der Waals surface area (Å²) in [4.78, 5) is 3.96. The Balaban J connectivity index is 1.20. The first kappa shape index (κ1) is 27.4. The number of halogens is 1. The van der Waals surface area contributed by atoms with Gasteiger partial charge in [0.2, 0.25) is 0 Å². The van der Waals surface area contributed by atoms with Gasteiger partial charge in [-0.3, -0.25) is 0 Å². The molecule has 10 rings (SSSR count). The third kappa shape index (κ3) is 2.59. The van der Waals surface area contributed by atoms with E-state index in [1.54, 1.807) is 0 Å². The quantitative estimate of drug-likeness (QED) is 0.249. The number of hydrogen-bond acceptors (Lipinski definition) is 5. The number of fused-ring (bicyclic) bond motifs is 5. The fourth-order valence-electron chi connectivity index (χ4n) is 12.7. The average Bonchev–Trinajstić information content (AvgIpc) is 3.53. The van der Waals surface area contributed by atoms with Crippen molar-refractivity contribution in [3.63, 3.8) is 0 Å². The first-order valence-electron chi connectivity index (χ1n) is 16.8. The number of rotatable bonds is 1. The van der Waals surface area contributed by atoms with Crippen molar-refractivity contribution in [3.05, 3.63) is 57.8 Å². The van der Waals surface area contributed by atoms with E-state index < -0.39 is 40.3 Å². The van der Waals surface area contributed by atoms with E-state index in [9.17, 15) is 10.2 Å². The molecule has 3 saturated carbocycles. The largest absolute Gasteiger partial charge is 0.387 e. The first-order valence-corrected chi connectivity index (χ1v) is 17.2. The Morgan fingerprint density at radius 2 is 1.86 bits per heavy atom. The van der Waals surface area contributed by atoms with E-state index in [-0.39, 0.29) is 23.7 Å². The predicted molar refractivity (Wildman–Crippen MR) is 168 cm³/mol. The first-order chi connectivity index (χ1) is 20.7. The summed E-state index contributed by atoms with van der Waals surface area (Å²) in [6.45, 7) is 19.8. The number of aromatic amines is 1. The van der Waals surface area contributed by atoms with Crippen molar-refractivity contribution in [1.82, 2.24) is 4.98 Å². The molecule has 1 aromatic carbocycles. The number of aromatic nitrogens is 1. The highest BCUT2D eigenvalue weighted by Gasteiger charge is 2.86. The molecule has 3 N–H and O–H groups in total. The molecule has 44 heavy (non-hydrogen) atoms. The lowest BCUT2D eigenvalue weighted by Crippen LogP contribution is -2.76. The molecule has 4 heterocycles. The molecule has 2 saturated heterocycles. The van der Waals surface area contributed by atoms with E-state index in [4.69, 9.17) is 25.8 Å². The molecule has 1 aromatic heterocycles. The molecule has 1 spiro atoms. The third-order valence-electron chi connectivity index (χ3n) is 15.1. The number of nitrogens with one attached hydrogen (secondary N) is 1. The minimum Gasteiger partial charge on any atom is -0.387 e. The zero-order valence-electron chi connectivity index (χ0n) is 26.4. The molecule has 5 fully saturated rings. The van der Waals surface area contributed by atoms with Crippen molar-refractivity contribution < 1.29 is 24.4 Å². The zero-order valence-corrected chi connectivity index (χ0v) is 27.2. The van der Waals surface area contributed by atoms with E-state index in [2.05, 4.69) is 51.9 Å². The number of benzene rings is 1. The van der Waals surface area contributed by atoms with Gasteiger partial charge < -0.3 is 29.4 Å². The lowest BCUT2D eigenvalue weighted by molar-refractivity contribution is -0.274. The molecule has 13 atom stereocenters. The molecule has 6 nitrogen and oxygen atoms in total. The predicted octanol–water partition coefficient (Wildman–Crippen LogP) is 6.56. The van der Waals surface area contributed by atoms with Gasteiger partial charge in [-0.05, 0) is 99.8 Å². The Labute approximate surface area is 264 Å². The summed E-state index contributed by atoms with van der Waals surface area (Å²) in [5, 5.41) is 26.7. The lowest BCUT2D eigenvalue weighted by Gasteiger charge is -2.66. The molecule has 13 unspecified atom stereocenters. The number of hydrogen-bond donors (Lipinski definition) is 3. The molecular formula is C37H44ClNO5. The Bertz CT molecular complexity index is 1740. The van der Waals surface area contributed by atoms with Crippen molar-refractivity contribution in [3.8, 4) is 0 Å². The minimum absolute atomic E-state index is 0.0809. The standard InChI is InChI=1S/C37H44ClNO5/c1-15(2)29-28(40)32-37(44-32)23(42-29)9-10-34(6)35(7)19(8-11-36(34,37)41)30-27-26-22(39-31(27)35)14-21(38)18-12-16(3)17-13-20(24(17)25(18)26)33(4,5)43-30/h14,17,19-20,23-24,28-30,32,39-41H,1,3,8-13H2,2,4-7H3. The highest BCUT2D eigenvalue weighted by Crippen LogP contribution is 2.77. The highest BCUT2D eigenvalue weighted by atomic mass is 35.5. The van der Waals surface area contributed by atoms with Gasteiger partial charge >= 0.3 is 0 Å². The molecule has 0 radical (unpaired) electrons. The number of H-pyrrole nitrogens is 1. The van der Waals surface area contributed by atoms with Gasteiger partial charge in [0, 0.05) is 43.9 Å². The van der Waals surface area contributed by atoms with E-state index in [0.717, 1.165) is 48.2 Å². The maximum atomic E-state index is 13.2. The van der Waals surface area contributed by atoms with Gasteiger partial charge in [-0.2, -0.15) is 0 Å². The van der Waals surface area contributed by atoms with Gasteiger partial charge in [-0.25, -0.2) is 0 Å². The van der Waals surface area contributed by atoms with Crippen LogP contribution in [0.1, 0.15) is 101 Å². The van der Waals surface area contributed by atoms with Gasteiger partial charge in [0.15, 0.2) is 5.60 Å². The molecule has 3 aliphatic heterocycles. The second-order valence-electron chi connectivity index (χ2n) is 16.8. The van der Waals surface area contributed by atoms with Crippen LogP contribution in [0, 0.1) is 23.2 Å². The maximum absolute atomic E-state index is 13.2. The van der Waals surface area contributed by atoms with E-state index in [0.29, 0.717) is 24.2 Å². The average molecular weight is 618 g/mol. The summed E-state index contributed by atoms with van der Waals surface area (Å²) in [6.07, 6.45) is 2.76. The van der Waals surface area contributed by atoms with Crippen LogP contribution < -0.4 is 0 Å². The molecule has 5 aliphatic carbocycles. The molecule has 7 heteroatoms. The van der Waals surface area contributed by atoms with Crippen molar-refractivity contribution in [2.24, 2.45) is 23.2 Å². The fraction of sp³-hybridized carbons (Fsp3) is 0.676. The number of epoxide rings is 1. The van der Waals surface area contributed by atoms with Crippen LogP contribution in [0.3, 0.4) is 0 Å². The summed E-state index contributed by atoms with van der Waals surface area (Å²) in [5.74, 6) is 1.43. The van der Waals surface area contributed by atoms with Crippen LogP contribution in [0.15, 0.2) is 30.4 Å². The van der Waals surface area contributed by atoms with E-state index in [1.165, 1.54) is 33.3 Å². The number of ether oxygens (including phenoxy) is 3. The van der Waals surface area contributed by atoms with E-state index >= 15 is 0 Å². The smallest absolute Gasteiger partial charge is 0.153 e. The Hall–Kier alpha value is -1.67. The van der Waals surface area contributed by atoms with Crippen LogP contribution in [0.25, 0.3) is 10.9 Å². The number of allylic oxidation sites excluding steroid dienone is 1. The molecule has 8 aliphatic rings. The molecule has 0 bridgehead atoms. The van der Waals surface area contributed by atoms with Crippen molar-refractivity contribution in [2.75, 3.05) is 0 Å². The summed E-state index contributed by atoms with van der Waals surface area (Å²) in [6, 6.07) is 2.13. The summed E-state index contributed by atoms with van der Waals surface area (Å²) in [5.41, 5.74) is 4.97. The zero-order chi connectivity index (χ0) is 30.7. The van der Waals surface area contributed by atoms with Crippen LogP contribution >= 0.6 is 11.6 Å². The second-order valence-corrected chi connectivity index (χ2v) is 17.2. The SMILES string of the molecule is C=C1Cc2c(Cl)cc3[nH]c4c5c3c2C2C1CC2C(C)(C)OC5C1CCC2(O)C35OC3C(O)C(C(=C)C)OC5CCC2(C)C41C. The van der Waals surface area contributed by atoms with Gasteiger partial charge in [-0.15, -0.1) is 0 Å². The summed E-state index contributed by atoms with van der Waals surface area (Å²) in [7, 11) is 0. The minimum atomic E-state index is -1.18. The molecule has 234 valence electrons. The van der Waals surface area contributed by atoms with Gasteiger partial charge in [0.05, 0.1) is 17.8 Å². The van der Waals surface area contributed by atoms with Crippen LogP contribution in [0.5, 0.6) is 0 Å². The topological polar surface area (TPSA) is 87.2 Å². The fourth-order valence-corrected chi connectivity index (χ4v) is 13.0. The Kier molecular flexibility index (Phi) is 4.81. The maximum Gasteiger partial charge on any atom is 0.153 e. The number of aliphatic hydroxyl groups is 2. The summed E-state index contributed by atoms with van der Waals surface area (Å²) < 4.78 is 20.5. The van der Waals surface area contributed by atoms with Crippen molar-refractivity contribution in [2.45, 2.75) is 132 Å². The van der Waals surface area contributed by atoms with Gasteiger partial charge in [0.25, 0.3) is 0 Å².